The summed E-state index contributed by atoms with van der Waals surface area (Å²) in [5.74, 6) is -0.600. The molecule has 0 amide bonds. The standard InChI is InChI=1S/C13H18ClFN2O2S/c1-12(2,3)20(19)17-13(4,7-8-18)11-9(15)5-6-10(14)16-11/h5-6,8,17H,7H2,1-4H3/t13-,20-/m0/s1. The average Bonchev–Trinajstić information content (AvgIpc) is 2.31. The monoisotopic (exact) mass is 320 g/mol. The van der Waals surface area contributed by atoms with E-state index in [0.717, 1.165) is 0 Å². The van der Waals surface area contributed by atoms with Gasteiger partial charge in [0, 0.05) is 6.42 Å². The molecule has 1 heterocycles. The van der Waals surface area contributed by atoms with Crippen LogP contribution in [0.4, 0.5) is 4.39 Å². The van der Waals surface area contributed by atoms with Gasteiger partial charge in [-0.15, -0.1) is 0 Å². The Balaban J connectivity index is 3.24. The zero-order valence-corrected chi connectivity index (χ0v) is 13.4. The molecule has 0 saturated heterocycles. The first-order chi connectivity index (χ1) is 9.10. The van der Waals surface area contributed by atoms with Gasteiger partial charge in [0.25, 0.3) is 0 Å². The molecule has 1 aromatic heterocycles. The summed E-state index contributed by atoms with van der Waals surface area (Å²) >= 11 is 5.78. The summed E-state index contributed by atoms with van der Waals surface area (Å²) in [6.07, 6.45) is 0.563. The topological polar surface area (TPSA) is 59.1 Å². The summed E-state index contributed by atoms with van der Waals surface area (Å²) in [5, 5.41) is 0.113. The number of aldehydes is 1. The maximum Gasteiger partial charge on any atom is 0.146 e. The van der Waals surface area contributed by atoms with Crippen molar-refractivity contribution in [3.05, 3.63) is 28.8 Å². The van der Waals surface area contributed by atoms with Crippen LogP contribution in [0.1, 0.15) is 39.8 Å². The lowest BCUT2D eigenvalue weighted by Gasteiger charge is -2.31. The Morgan fingerprint density at radius 3 is 2.50 bits per heavy atom. The lowest BCUT2D eigenvalue weighted by molar-refractivity contribution is -0.108. The molecular formula is C13H18ClFN2O2S. The molecule has 0 aliphatic rings. The molecule has 0 radical (unpaired) electrons. The molecule has 1 rings (SSSR count). The van der Waals surface area contributed by atoms with Gasteiger partial charge in [-0.2, -0.15) is 0 Å². The van der Waals surface area contributed by atoms with Crippen LogP contribution in [-0.2, 0) is 21.3 Å². The number of halogens is 2. The fraction of sp³-hybridized carbons (Fsp3) is 0.538. The van der Waals surface area contributed by atoms with Crippen molar-refractivity contribution in [2.45, 2.75) is 44.4 Å². The summed E-state index contributed by atoms with van der Waals surface area (Å²) in [5.41, 5.74) is -1.20. The van der Waals surface area contributed by atoms with E-state index in [0.29, 0.717) is 6.29 Å². The van der Waals surface area contributed by atoms with E-state index in [-0.39, 0.29) is 17.3 Å². The van der Waals surface area contributed by atoms with Gasteiger partial charge in [0.15, 0.2) is 0 Å². The Labute approximate surface area is 125 Å². The summed E-state index contributed by atoms with van der Waals surface area (Å²) in [6.45, 7) is 6.91. The fourth-order valence-electron chi connectivity index (χ4n) is 1.52. The Morgan fingerprint density at radius 1 is 1.40 bits per heavy atom. The molecule has 0 spiro atoms. The Morgan fingerprint density at radius 2 is 2.00 bits per heavy atom. The maximum atomic E-state index is 14.0. The number of nitrogens with one attached hydrogen (secondary N) is 1. The number of rotatable bonds is 5. The van der Waals surface area contributed by atoms with E-state index in [4.69, 9.17) is 11.6 Å². The Kier molecular flexibility index (Phi) is 5.40. The number of carbonyl (C=O) groups excluding carboxylic acids is 1. The number of hydrogen-bond donors (Lipinski definition) is 1. The maximum absolute atomic E-state index is 14.0. The number of carbonyl (C=O) groups is 1. The first-order valence-electron chi connectivity index (χ1n) is 6.06. The third kappa shape index (κ3) is 4.07. The van der Waals surface area contributed by atoms with Crippen molar-refractivity contribution in [1.29, 1.82) is 0 Å². The molecule has 0 aromatic carbocycles. The number of nitrogens with zero attached hydrogens (tertiary/aromatic N) is 1. The van der Waals surface area contributed by atoms with E-state index in [2.05, 4.69) is 9.71 Å². The molecule has 0 unspecified atom stereocenters. The number of hydrogen-bond acceptors (Lipinski definition) is 3. The Bertz CT molecular complexity index is 534. The molecule has 112 valence electrons. The smallest absolute Gasteiger partial charge is 0.146 e. The predicted molar refractivity (Wildman–Crippen MR) is 78.3 cm³/mol. The van der Waals surface area contributed by atoms with E-state index < -0.39 is 27.1 Å². The van der Waals surface area contributed by atoms with E-state index in [1.807, 2.05) is 0 Å². The lowest BCUT2D eigenvalue weighted by atomic mass is 9.95. The molecule has 0 aliphatic heterocycles. The summed E-state index contributed by atoms with van der Waals surface area (Å²) in [7, 11) is -1.48. The zero-order chi connectivity index (χ0) is 15.6. The quantitative estimate of drug-likeness (QED) is 0.670. The van der Waals surface area contributed by atoms with Crippen LogP contribution in [0.3, 0.4) is 0 Å². The first-order valence-corrected chi connectivity index (χ1v) is 7.59. The van der Waals surface area contributed by atoms with E-state index >= 15 is 0 Å². The molecule has 0 fully saturated rings. The SMILES string of the molecule is CC(C)(C)[S@](=O)N[C@@](C)(CC=O)c1nc(Cl)ccc1F. The number of pyridine rings is 1. The van der Waals surface area contributed by atoms with Gasteiger partial charge in [-0.1, -0.05) is 11.6 Å². The van der Waals surface area contributed by atoms with E-state index in [1.54, 1.807) is 27.7 Å². The highest BCUT2D eigenvalue weighted by atomic mass is 35.5. The van der Waals surface area contributed by atoms with Crippen molar-refractivity contribution in [2.75, 3.05) is 0 Å². The number of aromatic nitrogens is 1. The van der Waals surface area contributed by atoms with Crippen LogP contribution >= 0.6 is 11.6 Å². The van der Waals surface area contributed by atoms with Gasteiger partial charge in [-0.25, -0.2) is 18.3 Å². The van der Waals surface area contributed by atoms with Crippen LogP contribution in [0, 0.1) is 5.82 Å². The van der Waals surface area contributed by atoms with Crippen molar-refractivity contribution >= 4 is 28.9 Å². The zero-order valence-electron chi connectivity index (χ0n) is 11.9. The van der Waals surface area contributed by atoms with Gasteiger partial charge in [-0.05, 0) is 39.8 Å². The van der Waals surface area contributed by atoms with Crippen molar-refractivity contribution in [2.24, 2.45) is 0 Å². The minimum atomic E-state index is -1.48. The van der Waals surface area contributed by atoms with Crippen molar-refractivity contribution in [3.63, 3.8) is 0 Å². The third-order valence-electron chi connectivity index (χ3n) is 2.70. The van der Waals surface area contributed by atoms with Gasteiger partial charge in [0.2, 0.25) is 0 Å². The molecule has 0 saturated carbocycles. The summed E-state index contributed by atoms with van der Waals surface area (Å²) in [4.78, 5) is 14.8. The van der Waals surface area contributed by atoms with Crippen LogP contribution in [0.25, 0.3) is 0 Å². The summed E-state index contributed by atoms with van der Waals surface area (Å²) in [6, 6.07) is 2.50. The van der Waals surface area contributed by atoms with Crippen LogP contribution in [-0.4, -0.2) is 20.2 Å². The van der Waals surface area contributed by atoms with Crippen LogP contribution in [0.2, 0.25) is 5.15 Å². The molecule has 1 aromatic rings. The highest BCUT2D eigenvalue weighted by Gasteiger charge is 2.35. The highest BCUT2D eigenvalue weighted by Crippen LogP contribution is 2.28. The second-order valence-corrected chi connectivity index (χ2v) is 8.00. The van der Waals surface area contributed by atoms with Crippen LogP contribution < -0.4 is 4.72 Å². The Hall–Kier alpha value is -0.850. The minimum Gasteiger partial charge on any atom is -0.303 e. The fourth-order valence-corrected chi connectivity index (χ4v) is 2.56. The van der Waals surface area contributed by atoms with Crippen molar-refractivity contribution in [1.82, 2.24) is 9.71 Å². The van der Waals surface area contributed by atoms with Gasteiger partial charge < -0.3 is 4.79 Å². The minimum absolute atomic E-state index is 0.0188. The van der Waals surface area contributed by atoms with Crippen molar-refractivity contribution in [3.8, 4) is 0 Å². The molecule has 20 heavy (non-hydrogen) atoms. The van der Waals surface area contributed by atoms with Crippen LogP contribution in [0.5, 0.6) is 0 Å². The first kappa shape index (κ1) is 17.2. The molecule has 2 atom stereocenters. The second kappa shape index (κ2) is 6.28. The van der Waals surface area contributed by atoms with Gasteiger partial charge >= 0.3 is 0 Å². The normalized spacial score (nSPS) is 16.5. The third-order valence-corrected chi connectivity index (χ3v) is 4.66. The largest absolute Gasteiger partial charge is 0.303 e. The molecular weight excluding hydrogens is 303 g/mol. The van der Waals surface area contributed by atoms with E-state index in [9.17, 15) is 13.4 Å². The van der Waals surface area contributed by atoms with Gasteiger partial charge in [0.05, 0.1) is 27.0 Å². The highest BCUT2D eigenvalue weighted by molar-refractivity contribution is 7.84. The molecule has 0 bridgehead atoms. The summed E-state index contributed by atoms with van der Waals surface area (Å²) < 4.78 is 28.4. The molecule has 7 heteroatoms. The van der Waals surface area contributed by atoms with Crippen LogP contribution in [0.15, 0.2) is 12.1 Å². The van der Waals surface area contributed by atoms with Crippen molar-refractivity contribution < 1.29 is 13.4 Å². The predicted octanol–water partition coefficient (Wildman–Crippen LogP) is 2.73. The van der Waals surface area contributed by atoms with Gasteiger partial charge in [-0.3, -0.25) is 0 Å². The second-order valence-electron chi connectivity index (χ2n) is 5.65. The van der Waals surface area contributed by atoms with Gasteiger partial charge in [0.1, 0.15) is 17.3 Å². The van der Waals surface area contributed by atoms with E-state index in [1.165, 1.54) is 12.1 Å². The average molecular weight is 321 g/mol. The lowest BCUT2D eigenvalue weighted by Crippen LogP contribution is -2.47. The molecule has 1 N–H and O–H groups in total. The molecule has 4 nitrogen and oxygen atoms in total. The molecule has 0 aliphatic carbocycles.